The van der Waals surface area contributed by atoms with Crippen LogP contribution >= 0.6 is 0 Å². The summed E-state index contributed by atoms with van der Waals surface area (Å²) in [4.78, 5) is 16.5. The number of carbonyl (C=O) groups is 1. The number of azide groups is 1. The molecule has 1 N–H and O–H groups in total. The summed E-state index contributed by atoms with van der Waals surface area (Å²) >= 11 is 0. The van der Waals surface area contributed by atoms with Gasteiger partial charge in [0.1, 0.15) is 5.60 Å². The van der Waals surface area contributed by atoms with E-state index in [0.29, 0.717) is 19.5 Å². The summed E-state index contributed by atoms with van der Waals surface area (Å²) in [7, 11) is 0. The first-order valence-electron chi connectivity index (χ1n) is 6.91. The lowest BCUT2D eigenvalue weighted by molar-refractivity contribution is 0.00834. The molecule has 1 aliphatic rings. The SMILES string of the molecule is CC1CN(C(=O)OC(C)(C)C)CCC1C(CO)N=[N+]=[N-]. The third-order valence-corrected chi connectivity index (χ3v) is 3.50. The molecule has 0 aliphatic carbocycles. The number of likely N-dealkylation sites (tertiary alicyclic amines) is 1. The van der Waals surface area contributed by atoms with Crippen molar-refractivity contribution in [3.63, 3.8) is 0 Å². The van der Waals surface area contributed by atoms with E-state index in [-0.39, 0.29) is 24.5 Å². The van der Waals surface area contributed by atoms with E-state index >= 15 is 0 Å². The van der Waals surface area contributed by atoms with Crippen molar-refractivity contribution in [1.29, 1.82) is 0 Å². The minimum absolute atomic E-state index is 0.0922. The highest BCUT2D eigenvalue weighted by Gasteiger charge is 2.34. The average Bonchev–Trinajstić information content (AvgIpc) is 2.34. The van der Waals surface area contributed by atoms with E-state index < -0.39 is 11.6 Å². The molecule has 20 heavy (non-hydrogen) atoms. The lowest BCUT2D eigenvalue weighted by Crippen LogP contribution is -2.47. The van der Waals surface area contributed by atoms with Gasteiger partial charge in [0.25, 0.3) is 0 Å². The van der Waals surface area contributed by atoms with Crippen molar-refractivity contribution in [2.45, 2.75) is 45.8 Å². The summed E-state index contributed by atoms with van der Waals surface area (Å²) in [6, 6.07) is -0.421. The Bertz CT molecular complexity index is 388. The molecule has 1 saturated heterocycles. The Hall–Kier alpha value is -1.46. The fraction of sp³-hybridized carbons (Fsp3) is 0.923. The molecule has 0 aromatic rings. The van der Waals surface area contributed by atoms with Crippen LogP contribution in [0.2, 0.25) is 0 Å². The zero-order valence-corrected chi connectivity index (χ0v) is 12.6. The predicted molar refractivity (Wildman–Crippen MR) is 75.1 cm³/mol. The van der Waals surface area contributed by atoms with Crippen molar-refractivity contribution < 1.29 is 14.6 Å². The van der Waals surface area contributed by atoms with Gasteiger partial charge in [0, 0.05) is 18.0 Å². The molecule has 0 saturated carbocycles. The number of piperidine rings is 1. The van der Waals surface area contributed by atoms with Crippen molar-refractivity contribution in [1.82, 2.24) is 4.90 Å². The quantitative estimate of drug-likeness (QED) is 0.489. The summed E-state index contributed by atoms with van der Waals surface area (Å²) in [5.41, 5.74) is 8.01. The van der Waals surface area contributed by atoms with Crippen molar-refractivity contribution in [3.8, 4) is 0 Å². The van der Waals surface area contributed by atoms with Crippen molar-refractivity contribution >= 4 is 6.09 Å². The summed E-state index contributed by atoms with van der Waals surface area (Å²) in [6.45, 7) is 8.46. The first-order valence-corrected chi connectivity index (χ1v) is 6.91. The third-order valence-electron chi connectivity index (χ3n) is 3.50. The number of nitrogens with zero attached hydrogens (tertiary/aromatic N) is 4. The van der Waals surface area contributed by atoms with Gasteiger partial charge in [-0.1, -0.05) is 12.0 Å². The van der Waals surface area contributed by atoms with Gasteiger partial charge in [-0.05, 0) is 44.6 Å². The Morgan fingerprint density at radius 3 is 2.70 bits per heavy atom. The topological polar surface area (TPSA) is 98.5 Å². The van der Waals surface area contributed by atoms with Crippen molar-refractivity contribution in [2.75, 3.05) is 19.7 Å². The van der Waals surface area contributed by atoms with Gasteiger partial charge >= 0.3 is 6.09 Å². The van der Waals surface area contributed by atoms with E-state index in [4.69, 9.17) is 10.3 Å². The predicted octanol–water partition coefficient (Wildman–Crippen LogP) is 2.55. The van der Waals surface area contributed by atoms with E-state index in [1.54, 1.807) is 4.90 Å². The summed E-state index contributed by atoms with van der Waals surface area (Å²) in [6.07, 6.45) is 0.386. The van der Waals surface area contributed by atoms with Gasteiger partial charge in [-0.15, -0.1) is 0 Å². The molecule has 114 valence electrons. The van der Waals surface area contributed by atoms with Gasteiger partial charge in [0.05, 0.1) is 12.6 Å². The third kappa shape index (κ3) is 4.58. The van der Waals surface area contributed by atoms with Gasteiger partial charge in [-0.2, -0.15) is 0 Å². The fourth-order valence-electron chi connectivity index (χ4n) is 2.55. The molecule has 1 fully saturated rings. The highest BCUT2D eigenvalue weighted by molar-refractivity contribution is 5.68. The molecule has 1 amide bonds. The van der Waals surface area contributed by atoms with Gasteiger partial charge in [0.2, 0.25) is 0 Å². The molecule has 3 atom stereocenters. The minimum atomic E-state index is -0.504. The number of amides is 1. The highest BCUT2D eigenvalue weighted by Crippen LogP contribution is 2.28. The zero-order chi connectivity index (χ0) is 15.3. The van der Waals surface area contributed by atoms with E-state index in [1.807, 2.05) is 27.7 Å². The molecular weight excluding hydrogens is 260 g/mol. The molecule has 0 bridgehead atoms. The molecule has 0 spiro atoms. The Balaban J connectivity index is 2.63. The lowest BCUT2D eigenvalue weighted by atomic mass is 9.82. The van der Waals surface area contributed by atoms with E-state index in [2.05, 4.69) is 10.0 Å². The second-order valence-electron chi connectivity index (χ2n) is 6.31. The van der Waals surface area contributed by atoms with Crippen LogP contribution in [-0.4, -0.2) is 47.4 Å². The second-order valence-corrected chi connectivity index (χ2v) is 6.31. The van der Waals surface area contributed by atoms with Crippen LogP contribution in [0.3, 0.4) is 0 Å². The largest absolute Gasteiger partial charge is 0.444 e. The van der Waals surface area contributed by atoms with Gasteiger partial charge < -0.3 is 14.7 Å². The molecule has 7 nitrogen and oxygen atoms in total. The number of carbonyl (C=O) groups excluding carboxylic acids is 1. The Labute approximate surface area is 119 Å². The van der Waals surface area contributed by atoms with Gasteiger partial charge in [-0.25, -0.2) is 4.79 Å². The Morgan fingerprint density at radius 2 is 2.25 bits per heavy atom. The highest BCUT2D eigenvalue weighted by atomic mass is 16.6. The molecule has 0 radical (unpaired) electrons. The minimum Gasteiger partial charge on any atom is -0.444 e. The monoisotopic (exact) mass is 284 g/mol. The van der Waals surface area contributed by atoms with Crippen LogP contribution < -0.4 is 0 Å². The van der Waals surface area contributed by atoms with Crippen molar-refractivity contribution in [3.05, 3.63) is 10.4 Å². The molecule has 7 heteroatoms. The lowest BCUT2D eigenvalue weighted by Gasteiger charge is -2.39. The molecule has 1 rings (SSSR count). The molecule has 1 heterocycles. The fourth-order valence-corrected chi connectivity index (χ4v) is 2.55. The normalized spacial score (nSPS) is 24.8. The van der Waals surface area contributed by atoms with Crippen LogP contribution in [-0.2, 0) is 4.74 Å². The van der Waals surface area contributed by atoms with E-state index in [0.717, 1.165) is 0 Å². The Morgan fingerprint density at radius 1 is 1.60 bits per heavy atom. The first-order chi connectivity index (χ1) is 9.28. The van der Waals surface area contributed by atoms with E-state index in [1.165, 1.54) is 0 Å². The van der Waals surface area contributed by atoms with Crippen LogP contribution in [0, 0.1) is 11.8 Å². The summed E-state index contributed by atoms with van der Waals surface area (Å²) in [5, 5.41) is 12.9. The average molecular weight is 284 g/mol. The van der Waals surface area contributed by atoms with Crippen molar-refractivity contribution in [2.24, 2.45) is 17.0 Å². The molecular formula is C13H24N4O3. The number of rotatable bonds is 3. The summed E-state index contributed by atoms with van der Waals surface area (Å²) < 4.78 is 5.35. The maximum atomic E-state index is 12.0. The molecule has 0 aromatic heterocycles. The molecule has 3 unspecified atom stereocenters. The van der Waals surface area contributed by atoms with Crippen LogP contribution in [0.4, 0.5) is 4.79 Å². The smallest absolute Gasteiger partial charge is 0.410 e. The van der Waals surface area contributed by atoms with Gasteiger partial charge in [-0.3, -0.25) is 0 Å². The number of aliphatic hydroxyl groups excluding tert-OH is 1. The Kier molecular flexibility index (Phi) is 5.65. The van der Waals surface area contributed by atoms with Gasteiger partial charge in [0.15, 0.2) is 0 Å². The van der Waals surface area contributed by atoms with Crippen LogP contribution in [0.15, 0.2) is 5.11 Å². The zero-order valence-electron chi connectivity index (χ0n) is 12.6. The van der Waals surface area contributed by atoms with Crippen LogP contribution in [0.1, 0.15) is 34.1 Å². The van der Waals surface area contributed by atoms with E-state index in [9.17, 15) is 9.90 Å². The molecule has 1 aliphatic heterocycles. The number of aliphatic hydroxyl groups is 1. The first kappa shape index (κ1) is 16.6. The summed E-state index contributed by atoms with van der Waals surface area (Å²) in [5.74, 6) is 0.244. The number of ether oxygens (including phenoxy) is 1. The second kappa shape index (κ2) is 6.81. The standard InChI is InChI=1S/C13H24N4O3/c1-9-7-17(12(19)20-13(2,3)4)6-5-10(9)11(8-18)15-16-14/h9-11,18H,5-8H2,1-4H3. The maximum Gasteiger partial charge on any atom is 0.410 e. The number of hydrogen-bond acceptors (Lipinski definition) is 4. The van der Waals surface area contributed by atoms with Crippen LogP contribution in [0.5, 0.6) is 0 Å². The maximum absolute atomic E-state index is 12.0. The van der Waals surface area contributed by atoms with Crippen LogP contribution in [0.25, 0.3) is 10.4 Å². The molecule has 0 aromatic carbocycles. The number of hydrogen-bond donors (Lipinski definition) is 1.